The lowest BCUT2D eigenvalue weighted by Crippen LogP contribution is -2.19. The Hall–Kier alpha value is -2.53. The lowest BCUT2D eigenvalue weighted by atomic mass is 10.2. The zero-order valence-electron chi connectivity index (χ0n) is 16.9. The Morgan fingerprint density at radius 3 is 2.65 bits per heavy atom. The average Bonchev–Trinajstić information content (AvgIpc) is 2.72. The highest BCUT2D eigenvalue weighted by Crippen LogP contribution is 2.23. The van der Waals surface area contributed by atoms with Crippen molar-refractivity contribution in [3.8, 4) is 5.75 Å². The molecule has 0 spiro atoms. The molecular weight excluding hydrogens is 530 g/mol. The number of ether oxygens (including phenoxy) is 1. The minimum atomic E-state index is -0.292. The smallest absolute Gasteiger partial charge is 0.250 e. The molecule has 2 aromatic carbocycles. The number of thioether (sulfide) groups is 1. The van der Waals surface area contributed by atoms with Gasteiger partial charge in [0.15, 0.2) is 5.16 Å². The number of hydrogen-bond donors (Lipinski definition) is 1. The van der Waals surface area contributed by atoms with E-state index in [0.29, 0.717) is 16.5 Å². The molecule has 1 N–H and O–H groups in total. The fraction of sp³-hybridized carbons (Fsp3) is 0.182. The maximum absolute atomic E-state index is 13.7. The molecule has 0 aliphatic carbocycles. The Kier molecular flexibility index (Phi) is 8.35. The minimum Gasteiger partial charge on any atom is -0.488 e. The van der Waals surface area contributed by atoms with Gasteiger partial charge in [0.1, 0.15) is 18.2 Å². The zero-order valence-corrected chi connectivity index (χ0v) is 19.9. The first-order chi connectivity index (χ1) is 14.9. The highest BCUT2D eigenvalue weighted by Gasteiger charge is 2.07. The second-order valence-corrected chi connectivity index (χ2v) is 8.69. The molecule has 0 aliphatic heterocycles. The van der Waals surface area contributed by atoms with E-state index in [2.05, 4.69) is 43.1 Å². The number of carbonyl (C=O) groups is 1. The van der Waals surface area contributed by atoms with E-state index in [4.69, 9.17) is 4.74 Å². The summed E-state index contributed by atoms with van der Waals surface area (Å²) in [5, 5.41) is 4.56. The van der Waals surface area contributed by atoms with E-state index in [0.717, 1.165) is 20.5 Å². The van der Waals surface area contributed by atoms with Crippen LogP contribution in [0.4, 0.5) is 4.39 Å². The van der Waals surface area contributed by atoms with Gasteiger partial charge < -0.3 is 4.74 Å². The van der Waals surface area contributed by atoms with Crippen LogP contribution in [0.2, 0.25) is 0 Å². The number of rotatable bonds is 8. The van der Waals surface area contributed by atoms with E-state index in [9.17, 15) is 9.18 Å². The van der Waals surface area contributed by atoms with Crippen molar-refractivity contribution in [2.45, 2.75) is 25.6 Å². The Morgan fingerprint density at radius 2 is 1.94 bits per heavy atom. The number of aryl methyl sites for hydroxylation is 2. The number of aromatic nitrogens is 2. The maximum atomic E-state index is 13.7. The predicted octanol–water partition coefficient (Wildman–Crippen LogP) is 4.66. The van der Waals surface area contributed by atoms with Crippen molar-refractivity contribution < 1.29 is 13.9 Å². The van der Waals surface area contributed by atoms with Crippen LogP contribution in [0.25, 0.3) is 0 Å². The summed E-state index contributed by atoms with van der Waals surface area (Å²) < 4.78 is 20.3. The molecule has 9 heteroatoms. The molecule has 0 fully saturated rings. The van der Waals surface area contributed by atoms with Gasteiger partial charge in [0.05, 0.1) is 15.5 Å². The Morgan fingerprint density at radius 1 is 1.19 bits per heavy atom. The topological polar surface area (TPSA) is 76.5 Å². The molecule has 0 radical (unpaired) electrons. The van der Waals surface area contributed by atoms with Crippen molar-refractivity contribution in [3.63, 3.8) is 0 Å². The van der Waals surface area contributed by atoms with Crippen molar-refractivity contribution in [2.24, 2.45) is 5.10 Å². The van der Waals surface area contributed by atoms with Crippen molar-refractivity contribution in [3.05, 3.63) is 80.4 Å². The Balaban J connectivity index is 1.49. The summed E-state index contributed by atoms with van der Waals surface area (Å²) in [5.74, 6) is 0.276. The first-order valence-corrected chi connectivity index (χ1v) is 11.4. The summed E-state index contributed by atoms with van der Waals surface area (Å²) in [5.41, 5.74) is 5.52. The van der Waals surface area contributed by atoms with Gasteiger partial charge in [-0.15, -0.1) is 0 Å². The van der Waals surface area contributed by atoms with Crippen LogP contribution in [0.3, 0.4) is 0 Å². The predicted molar refractivity (Wildman–Crippen MR) is 128 cm³/mol. The number of nitrogens with one attached hydrogen (secondary N) is 1. The molecule has 31 heavy (non-hydrogen) atoms. The fourth-order valence-corrected chi connectivity index (χ4v) is 4.02. The van der Waals surface area contributed by atoms with Crippen LogP contribution in [0.15, 0.2) is 58.8 Å². The summed E-state index contributed by atoms with van der Waals surface area (Å²) in [4.78, 5) is 20.6. The normalized spacial score (nSPS) is 11.0. The number of halogens is 2. The molecule has 0 aliphatic rings. The first-order valence-electron chi connectivity index (χ1n) is 9.33. The third-order valence-corrected chi connectivity index (χ3v) is 5.68. The number of hydrogen-bond acceptors (Lipinski definition) is 6. The Bertz CT molecular complexity index is 1090. The summed E-state index contributed by atoms with van der Waals surface area (Å²) in [6.45, 7) is 3.93. The molecular formula is C22H20FIN4O2S. The van der Waals surface area contributed by atoms with Crippen molar-refractivity contribution in [1.29, 1.82) is 0 Å². The van der Waals surface area contributed by atoms with Gasteiger partial charge in [0, 0.05) is 17.0 Å². The van der Waals surface area contributed by atoms with Crippen molar-refractivity contribution in [1.82, 2.24) is 15.4 Å². The molecule has 1 aromatic heterocycles. The molecule has 0 saturated carbocycles. The van der Waals surface area contributed by atoms with Crippen LogP contribution in [0.5, 0.6) is 5.75 Å². The second kappa shape index (κ2) is 11.2. The Labute approximate surface area is 197 Å². The van der Waals surface area contributed by atoms with E-state index < -0.39 is 0 Å². The standard InChI is InChI=1S/C22H20FIN4O2S/c1-14-9-15(2)27-22(26-14)31-13-21(29)28-25-11-16-7-8-20(19(24)10-16)30-12-17-5-3-4-6-18(17)23/h3-11H,12-13H2,1-2H3,(H,28,29)/b25-11-. The summed E-state index contributed by atoms with van der Waals surface area (Å²) in [6.07, 6.45) is 1.55. The van der Waals surface area contributed by atoms with Crippen LogP contribution in [-0.4, -0.2) is 27.8 Å². The average molecular weight is 550 g/mol. The van der Waals surface area contributed by atoms with Crippen LogP contribution < -0.4 is 10.2 Å². The summed E-state index contributed by atoms with van der Waals surface area (Å²) in [7, 11) is 0. The van der Waals surface area contributed by atoms with Gasteiger partial charge in [-0.1, -0.05) is 30.0 Å². The second-order valence-electron chi connectivity index (χ2n) is 6.59. The molecule has 0 saturated heterocycles. The molecule has 1 amide bonds. The van der Waals surface area contributed by atoms with Gasteiger partial charge >= 0.3 is 0 Å². The highest BCUT2D eigenvalue weighted by molar-refractivity contribution is 14.1. The van der Waals surface area contributed by atoms with Gasteiger partial charge in [-0.05, 0) is 72.3 Å². The van der Waals surface area contributed by atoms with Crippen LogP contribution in [-0.2, 0) is 11.4 Å². The molecule has 3 aromatic rings. The molecule has 6 nitrogen and oxygen atoms in total. The monoisotopic (exact) mass is 550 g/mol. The molecule has 0 bridgehead atoms. The van der Waals surface area contributed by atoms with E-state index in [-0.39, 0.29) is 24.1 Å². The third-order valence-electron chi connectivity index (χ3n) is 3.99. The van der Waals surface area contributed by atoms with Crippen molar-refractivity contribution >= 4 is 46.5 Å². The quantitative estimate of drug-likeness (QED) is 0.145. The van der Waals surface area contributed by atoms with Gasteiger partial charge in [-0.3, -0.25) is 4.79 Å². The van der Waals surface area contributed by atoms with E-state index in [1.54, 1.807) is 30.5 Å². The van der Waals surface area contributed by atoms with E-state index in [1.165, 1.54) is 17.8 Å². The lowest BCUT2D eigenvalue weighted by molar-refractivity contribution is -0.118. The summed E-state index contributed by atoms with van der Waals surface area (Å²) >= 11 is 3.40. The van der Waals surface area contributed by atoms with Gasteiger partial charge in [0.25, 0.3) is 5.91 Å². The lowest BCUT2D eigenvalue weighted by Gasteiger charge is -2.09. The van der Waals surface area contributed by atoms with Gasteiger partial charge in [-0.2, -0.15) is 5.10 Å². The van der Waals surface area contributed by atoms with Crippen molar-refractivity contribution in [2.75, 3.05) is 5.75 Å². The SMILES string of the molecule is Cc1cc(C)nc(SCC(=O)N/N=C\c2ccc(OCc3ccccc3F)c(I)c2)n1. The number of benzene rings is 2. The number of hydrazone groups is 1. The number of nitrogens with zero attached hydrogens (tertiary/aromatic N) is 3. The van der Waals surface area contributed by atoms with E-state index in [1.807, 2.05) is 32.0 Å². The summed E-state index contributed by atoms with van der Waals surface area (Å²) in [6, 6.07) is 13.9. The molecule has 0 atom stereocenters. The van der Waals surface area contributed by atoms with Crippen LogP contribution >= 0.6 is 34.4 Å². The number of carbonyl (C=O) groups excluding carboxylic acids is 1. The minimum absolute atomic E-state index is 0.147. The molecule has 0 unspecified atom stereocenters. The van der Waals surface area contributed by atoms with Gasteiger partial charge in [0.2, 0.25) is 0 Å². The van der Waals surface area contributed by atoms with E-state index >= 15 is 0 Å². The fourth-order valence-electron chi connectivity index (χ4n) is 2.58. The largest absolute Gasteiger partial charge is 0.488 e. The zero-order chi connectivity index (χ0) is 22.2. The maximum Gasteiger partial charge on any atom is 0.250 e. The third kappa shape index (κ3) is 7.28. The molecule has 3 rings (SSSR count). The van der Waals surface area contributed by atoms with Crippen LogP contribution in [0.1, 0.15) is 22.5 Å². The van der Waals surface area contributed by atoms with Gasteiger partial charge in [-0.25, -0.2) is 19.8 Å². The first kappa shape index (κ1) is 23.1. The number of amides is 1. The molecule has 1 heterocycles. The highest BCUT2D eigenvalue weighted by atomic mass is 127. The van der Waals surface area contributed by atoms with Crippen LogP contribution in [0, 0.1) is 23.2 Å². The molecule has 160 valence electrons.